The number of hydrogen-bond acceptors (Lipinski definition) is 8. The van der Waals surface area contributed by atoms with E-state index in [2.05, 4.69) is 15.6 Å². The monoisotopic (exact) mass is 424 g/mol. The van der Waals surface area contributed by atoms with Crippen molar-refractivity contribution in [3.05, 3.63) is 35.0 Å². The Kier molecular flexibility index (Phi) is 11.1. The van der Waals surface area contributed by atoms with Crippen LogP contribution in [-0.2, 0) is 14.3 Å². The fraction of sp³-hybridized carbons (Fsp3) is 0.444. The zero-order chi connectivity index (χ0) is 19.9. The molecule has 0 spiro atoms. The molecule has 2 amide bonds. The minimum Gasteiger partial charge on any atom is -0.379 e. The summed E-state index contributed by atoms with van der Waals surface area (Å²) in [6.45, 7) is 6.46. The number of carbonyl (C=O) groups excluding carboxylic acids is 2. The van der Waals surface area contributed by atoms with E-state index in [1.54, 1.807) is 11.0 Å². The summed E-state index contributed by atoms with van der Waals surface area (Å²) in [5, 5.41) is 11.4. The number of hydrogen-bond donors (Lipinski definition) is 2. The summed E-state index contributed by atoms with van der Waals surface area (Å²) < 4.78 is 10.2. The van der Waals surface area contributed by atoms with Gasteiger partial charge in [-0.3, -0.25) is 5.32 Å². The van der Waals surface area contributed by atoms with E-state index in [-0.39, 0.29) is 6.03 Å². The molecule has 2 aliphatic heterocycles. The summed E-state index contributed by atoms with van der Waals surface area (Å²) in [4.78, 5) is 26.4. The zero-order valence-electron chi connectivity index (χ0n) is 15.5. The Hall–Kier alpha value is -2.07. The Balaban J connectivity index is 0.000000169. The van der Waals surface area contributed by atoms with Gasteiger partial charge in [0, 0.05) is 26.2 Å². The minimum atomic E-state index is -0.0317. The molecular formula is C18H24N4O4S2. The highest BCUT2D eigenvalue weighted by atomic mass is 32.1. The lowest BCUT2D eigenvalue weighted by molar-refractivity contribution is 0.0565. The van der Waals surface area contributed by atoms with Crippen molar-refractivity contribution in [3.8, 4) is 0 Å². The number of isocyanates is 1. The van der Waals surface area contributed by atoms with Crippen molar-refractivity contribution < 1.29 is 19.1 Å². The molecule has 4 rings (SSSR count). The predicted octanol–water partition coefficient (Wildman–Crippen LogP) is 2.93. The Morgan fingerprint density at radius 1 is 1.07 bits per heavy atom. The molecule has 28 heavy (non-hydrogen) atoms. The fourth-order valence-electron chi connectivity index (χ4n) is 2.19. The smallest absolute Gasteiger partial charge is 0.322 e. The van der Waals surface area contributed by atoms with Crippen molar-refractivity contribution in [1.29, 1.82) is 0 Å². The third-order valence-electron chi connectivity index (χ3n) is 3.56. The summed E-state index contributed by atoms with van der Waals surface area (Å²) in [5.74, 6) is 0. The van der Waals surface area contributed by atoms with Crippen LogP contribution in [-0.4, -0.2) is 69.6 Å². The van der Waals surface area contributed by atoms with E-state index in [4.69, 9.17) is 9.47 Å². The SMILES string of the molecule is C1COCCN1.O=C(Nc1cccs1)N1CCOCC1.O=C=Nc1cccs1. The molecule has 2 aromatic heterocycles. The van der Waals surface area contributed by atoms with Crippen molar-refractivity contribution >= 4 is 44.8 Å². The first-order chi connectivity index (χ1) is 13.8. The first-order valence-electron chi connectivity index (χ1n) is 8.86. The number of morpholine rings is 2. The number of nitrogens with zero attached hydrogens (tertiary/aromatic N) is 2. The van der Waals surface area contributed by atoms with Gasteiger partial charge in [0.15, 0.2) is 0 Å². The molecule has 0 atom stereocenters. The first kappa shape index (κ1) is 22.2. The number of aliphatic imine (C=N–C) groups is 1. The maximum Gasteiger partial charge on any atom is 0.322 e. The molecule has 4 heterocycles. The molecule has 2 N–H and O–H groups in total. The van der Waals surface area contributed by atoms with Gasteiger partial charge in [-0.15, -0.1) is 22.7 Å². The Labute approximate surface area is 172 Å². The molecular weight excluding hydrogens is 400 g/mol. The van der Waals surface area contributed by atoms with E-state index in [1.807, 2.05) is 29.0 Å². The second-order valence-electron chi connectivity index (χ2n) is 5.52. The van der Waals surface area contributed by atoms with Crippen LogP contribution in [0.1, 0.15) is 0 Å². The third kappa shape index (κ3) is 9.23. The van der Waals surface area contributed by atoms with E-state index in [1.165, 1.54) is 28.8 Å². The molecule has 0 saturated carbocycles. The van der Waals surface area contributed by atoms with Gasteiger partial charge in [0.05, 0.1) is 31.4 Å². The van der Waals surface area contributed by atoms with E-state index in [0.717, 1.165) is 31.3 Å². The number of amides is 2. The second kappa shape index (κ2) is 14.0. The summed E-state index contributed by atoms with van der Waals surface area (Å²) >= 11 is 2.94. The standard InChI is InChI=1S/C9H12N2O2S.C5H3NOS.C4H9NO/c12-9(10-8-2-1-7-14-8)11-3-5-13-6-4-11;7-4-6-5-2-1-3-8-5;1-3-6-4-2-5-1/h1-2,7H,3-6H2,(H,10,12);1-3H;5H,1-4H2. The molecule has 2 aliphatic rings. The minimum absolute atomic E-state index is 0.0317. The second-order valence-corrected chi connectivity index (χ2v) is 7.40. The van der Waals surface area contributed by atoms with Crippen LogP contribution in [0, 0.1) is 0 Å². The van der Waals surface area contributed by atoms with Crippen LogP contribution in [0.2, 0.25) is 0 Å². The van der Waals surface area contributed by atoms with Gasteiger partial charge in [0.1, 0.15) is 5.00 Å². The largest absolute Gasteiger partial charge is 0.379 e. The van der Waals surface area contributed by atoms with Crippen LogP contribution in [0.15, 0.2) is 40.0 Å². The van der Waals surface area contributed by atoms with Crippen molar-refractivity contribution in [2.24, 2.45) is 4.99 Å². The Morgan fingerprint density at radius 3 is 2.25 bits per heavy atom. The van der Waals surface area contributed by atoms with Crippen LogP contribution in [0.3, 0.4) is 0 Å². The van der Waals surface area contributed by atoms with E-state index < -0.39 is 0 Å². The molecule has 0 bridgehead atoms. The third-order valence-corrected chi connectivity index (χ3v) is 5.11. The molecule has 8 nitrogen and oxygen atoms in total. The highest BCUT2D eigenvalue weighted by Crippen LogP contribution is 2.17. The van der Waals surface area contributed by atoms with Crippen molar-refractivity contribution in [3.63, 3.8) is 0 Å². The number of ether oxygens (including phenoxy) is 2. The molecule has 10 heteroatoms. The van der Waals surface area contributed by atoms with Crippen LogP contribution in [0.25, 0.3) is 0 Å². The predicted molar refractivity (Wildman–Crippen MR) is 112 cm³/mol. The Bertz CT molecular complexity index is 682. The highest BCUT2D eigenvalue weighted by Gasteiger charge is 2.16. The summed E-state index contributed by atoms with van der Waals surface area (Å²) in [6.07, 6.45) is 1.46. The van der Waals surface area contributed by atoms with Gasteiger partial charge in [0.2, 0.25) is 6.08 Å². The van der Waals surface area contributed by atoms with Gasteiger partial charge in [-0.1, -0.05) is 0 Å². The van der Waals surface area contributed by atoms with Gasteiger partial charge < -0.3 is 19.7 Å². The van der Waals surface area contributed by atoms with Crippen molar-refractivity contribution in [1.82, 2.24) is 10.2 Å². The molecule has 0 aromatic carbocycles. The van der Waals surface area contributed by atoms with Gasteiger partial charge in [-0.2, -0.15) is 4.99 Å². The molecule has 0 aliphatic carbocycles. The first-order valence-corrected chi connectivity index (χ1v) is 10.6. The molecule has 2 aromatic rings. The van der Waals surface area contributed by atoms with E-state index >= 15 is 0 Å². The number of rotatable bonds is 2. The van der Waals surface area contributed by atoms with Crippen molar-refractivity contribution in [2.75, 3.05) is 57.9 Å². The van der Waals surface area contributed by atoms with Gasteiger partial charge in [-0.25, -0.2) is 9.59 Å². The van der Waals surface area contributed by atoms with Gasteiger partial charge in [-0.05, 0) is 35.0 Å². The maximum atomic E-state index is 11.6. The van der Waals surface area contributed by atoms with Crippen LogP contribution >= 0.6 is 22.7 Å². The van der Waals surface area contributed by atoms with Gasteiger partial charge in [0.25, 0.3) is 0 Å². The van der Waals surface area contributed by atoms with Crippen molar-refractivity contribution in [2.45, 2.75) is 0 Å². The lowest BCUT2D eigenvalue weighted by Crippen LogP contribution is -2.42. The Morgan fingerprint density at radius 2 is 1.75 bits per heavy atom. The van der Waals surface area contributed by atoms with Crippen LogP contribution < -0.4 is 10.6 Å². The summed E-state index contributed by atoms with van der Waals surface area (Å²) in [6, 6.07) is 7.37. The molecule has 2 fully saturated rings. The maximum absolute atomic E-state index is 11.6. The number of nitrogens with one attached hydrogen (secondary N) is 2. The number of urea groups is 1. The quantitative estimate of drug-likeness (QED) is 0.571. The number of carbonyl (C=O) groups is 1. The summed E-state index contributed by atoms with van der Waals surface area (Å²) in [5.41, 5.74) is 0. The lowest BCUT2D eigenvalue weighted by Gasteiger charge is -2.26. The van der Waals surface area contributed by atoms with Crippen LogP contribution in [0.4, 0.5) is 14.8 Å². The topological polar surface area (TPSA) is 92.3 Å². The van der Waals surface area contributed by atoms with E-state index in [9.17, 15) is 9.59 Å². The normalized spacial score (nSPS) is 15.8. The molecule has 152 valence electrons. The average molecular weight is 425 g/mol. The lowest BCUT2D eigenvalue weighted by atomic mass is 10.4. The van der Waals surface area contributed by atoms with Crippen LogP contribution in [0.5, 0.6) is 0 Å². The van der Waals surface area contributed by atoms with Gasteiger partial charge >= 0.3 is 6.03 Å². The summed E-state index contributed by atoms with van der Waals surface area (Å²) in [7, 11) is 0. The fourth-order valence-corrected chi connectivity index (χ4v) is 3.35. The zero-order valence-corrected chi connectivity index (χ0v) is 17.1. The molecule has 2 saturated heterocycles. The molecule has 0 radical (unpaired) electrons. The number of thiophene rings is 2. The number of anilines is 1. The molecule has 0 unspecified atom stereocenters. The highest BCUT2D eigenvalue weighted by molar-refractivity contribution is 7.14. The average Bonchev–Trinajstić information content (AvgIpc) is 3.46. The van der Waals surface area contributed by atoms with E-state index in [0.29, 0.717) is 31.3 Å².